The highest BCUT2D eigenvalue weighted by Crippen LogP contribution is 2.30. The number of rotatable bonds is 9. The smallest absolute Gasteiger partial charge is 0.319 e. The number of nitrogens with one attached hydrogen (secondary N) is 2. The molecule has 192 valence electrons. The number of carbonyl (C=O) groups is 1. The van der Waals surface area contributed by atoms with Crippen LogP contribution in [0.25, 0.3) is 11.4 Å². The molecule has 9 nitrogen and oxygen atoms in total. The monoisotopic (exact) mass is 494 g/mol. The van der Waals surface area contributed by atoms with E-state index in [2.05, 4.69) is 31.1 Å². The maximum absolute atomic E-state index is 13.2. The predicted octanol–water partition coefficient (Wildman–Crippen LogP) is 3.55. The number of hydrogen-bond acceptors (Lipinski definition) is 6. The fourth-order valence-corrected chi connectivity index (χ4v) is 4.80. The van der Waals surface area contributed by atoms with E-state index in [1.54, 1.807) is 11.7 Å². The van der Waals surface area contributed by atoms with Crippen LogP contribution in [-0.2, 0) is 13.5 Å². The summed E-state index contributed by atoms with van der Waals surface area (Å²) in [6.07, 6.45) is 4.24. The van der Waals surface area contributed by atoms with Gasteiger partial charge in [-0.25, -0.2) is 13.9 Å². The van der Waals surface area contributed by atoms with Crippen molar-refractivity contribution in [1.29, 1.82) is 0 Å². The minimum Gasteiger partial charge on any atom is -0.377 e. The van der Waals surface area contributed by atoms with E-state index < -0.39 is 0 Å². The lowest BCUT2D eigenvalue weighted by molar-refractivity contribution is 0.172. The summed E-state index contributed by atoms with van der Waals surface area (Å²) < 4.78 is 14.8. The number of benzene rings is 2. The van der Waals surface area contributed by atoms with Gasteiger partial charge in [0, 0.05) is 51.2 Å². The van der Waals surface area contributed by atoms with Gasteiger partial charge in [0.2, 0.25) is 0 Å². The van der Waals surface area contributed by atoms with Crippen molar-refractivity contribution in [3.63, 3.8) is 0 Å². The molecule has 3 aromatic rings. The number of amides is 2. The van der Waals surface area contributed by atoms with Crippen LogP contribution in [0.5, 0.6) is 0 Å². The van der Waals surface area contributed by atoms with Crippen LogP contribution < -0.4 is 15.5 Å². The molecule has 0 radical (unpaired) electrons. The number of aryl methyl sites for hydroxylation is 1. The quantitative estimate of drug-likeness (QED) is 0.442. The van der Waals surface area contributed by atoms with E-state index in [0.717, 1.165) is 43.7 Å². The molecule has 1 saturated heterocycles. The number of likely N-dealkylation sites (tertiary alicyclic amines) is 1. The van der Waals surface area contributed by atoms with E-state index in [9.17, 15) is 9.18 Å². The molecule has 0 bridgehead atoms. The fraction of sp³-hybridized carbons (Fsp3) is 0.462. The van der Waals surface area contributed by atoms with Gasteiger partial charge < -0.3 is 20.4 Å². The van der Waals surface area contributed by atoms with E-state index >= 15 is 0 Å². The third-order valence-electron chi connectivity index (χ3n) is 6.57. The first kappa shape index (κ1) is 25.6. The van der Waals surface area contributed by atoms with Gasteiger partial charge in [0.1, 0.15) is 5.82 Å². The second-order valence-corrected chi connectivity index (χ2v) is 9.63. The Hall–Kier alpha value is -3.53. The van der Waals surface area contributed by atoms with Gasteiger partial charge in [-0.1, -0.05) is 12.1 Å². The van der Waals surface area contributed by atoms with Crippen molar-refractivity contribution in [2.45, 2.75) is 25.7 Å². The minimum absolute atomic E-state index is 0.186. The summed E-state index contributed by atoms with van der Waals surface area (Å²) in [5.41, 5.74) is 3.67. The van der Waals surface area contributed by atoms with Crippen LogP contribution in [0.2, 0.25) is 0 Å². The van der Waals surface area contributed by atoms with E-state index in [-0.39, 0.29) is 11.8 Å². The Kier molecular flexibility index (Phi) is 8.48. The summed E-state index contributed by atoms with van der Waals surface area (Å²) in [6.45, 7) is 3.67. The number of aromatic nitrogens is 4. The highest BCUT2D eigenvalue weighted by atomic mass is 19.1. The standard InChI is InChI=1S/C26H35FN8O/c1-33(2)24-12-11-22(17-23(24)25-30-31-32-34(25)3)29-26(36)28-13-5-15-35-14-4-6-20(18-35)16-19-7-9-21(27)10-8-19/h7-12,17,20H,4-6,13-16,18H2,1-3H3,(H2,28,29,36). The van der Waals surface area contributed by atoms with Gasteiger partial charge in [-0.3, -0.25) is 0 Å². The average Bonchev–Trinajstić information content (AvgIpc) is 3.29. The Balaban J connectivity index is 1.23. The van der Waals surface area contributed by atoms with E-state index in [1.807, 2.05) is 49.3 Å². The summed E-state index contributed by atoms with van der Waals surface area (Å²) in [4.78, 5) is 17.0. The van der Waals surface area contributed by atoms with Crippen LogP contribution in [0.3, 0.4) is 0 Å². The number of anilines is 2. The molecule has 1 aliphatic heterocycles. The Morgan fingerprint density at radius 2 is 2.00 bits per heavy atom. The van der Waals surface area contributed by atoms with Crippen molar-refractivity contribution in [3.05, 3.63) is 53.8 Å². The topological polar surface area (TPSA) is 91.2 Å². The lowest BCUT2D eigenvalue weighted by Crippen LogP contribution is -2.38. The van der Waals surface area contributed by atoms with Crippen molar-refractivity contribution in [2.24, 2.45) is 13.0 Å². The normalized spacial score (nSPS) is 16.1. The molecule has 1 unspecified atom stereocenters. The zero-order chi connectivity index (χ0) is 25.5. The number of piperidine rings is 1. The molecule has 1 fully saturated rings. The van der Waals surface area contributed by atoms with Crippen LogP contribution in [-0.4, -0.2) is 71.4 Å². The fourth-order valence-electron chi connectivity index (χ4n) is 4.80. The Bertz CT molecular complexity index is 1150. The van der Waals surface area contributed by atoms with E-state index in [0.29, 0.717) is 24.0 Å². The molecule has 0 aliphatic carbocycles. The molecule has 0 spiro atoms. The molecule has 10 heteroatoms. The van der Waals surface area contributed by atoms with Crippen LogP contribution in [0.4, 0.5) is 20.6 Å². The van der Waals surface area contributed by atoms with Gasteiger partial charge in [-0.15, -0.1) is 5.10 Å². The van der Waals surface area contributed by atoms with Crippen LogP contribution in [0, 0.1) is 11.7 Å². The van der Waals surface area contributed by atoms with Crippen molar-refractivity contribution < 1.29 is 9.18 Å². The van der Waals surface area contributed by atoms with Gasteiger partial charge in [-0.05, 0) is 91.0 Å². The Morgan fingerprint density at radius 1 is 1.19 bits per heavy atom. The van der Waals surface area contributed by atoms with Gasteiger partial charge in [0.15, 0.2) is 5.82 Å². The van der Waals surface area contributed by atoms with Gasteiger partial charge >= 0.3 is 6.03 Å². The SMILES string of the molecule is CN(C)c1ccc(NC(=O)NCCCN2CCCC(Cc3ccc(F)cc3)C2)cc1-c1nnnn1C. The van der Waals surface area contributed by atoms with Gasteiger partial charge in [0.05, 0.1) is 0 Å². The van der Waals surface area contributed by atoms with Crippen LogP contribution in [0.1, 0.15) is 24.8 Å². The molecule has 4 rings (SSSR count). The maximum atomic E-state index is 13.2. The zero-order valence-electron chi connectivity index (χ0n) is 21.2. The number of urea groups is 1. The molecule has 1 aliphatic rings. The Morgan fingerprint density at radius 3 is 2.72 bits per heavy atom. The van der Waals surface area contributed by atoms with Gasteiger partial charge in [-0.2, -0.15) is 0 Å². The summed E-state index contributed by atoms with van der Waals surface area (Å²) in [6, 6.07) is 12.3. The number of halogens is 1. The lowest BCUT2D eigenvalue weighted by atomic mass is 9.91. The summed E-state index contributed by atoms with van der Waals surface area (Å²) in [7, 11) is 5.69. The highest BCUT2D eigenvalue weighted by Gasteiger charge is 2.20. The van der Waals surface area contributed by atoms with Crippen molar-refractivity contribution in [3.8, 4) is 11.4 Å². The first-order chi connectivity index (χ1) is 17.4. The van der Waals surface area contributed by atoms with Crippen molar-refractivity contribution in [1.82, 2.24) is 30.4 Å². The molecule has 36 heavy (non-hydrogen) atoms. The average molecular weight is 495 g/mol. The first-order valence-electron chi connectivity index (χ1n) is 12.4. The molecule has 2 aromatic carbocycles. The predicted molar refractivity (Wildman–Crippen MR) is 139 cm³/mol. The van der Waals surface area contributed by atoms with E-state index in [4.69, 9.17) is 0 Å². The van der Waals surface area contributed by atoms with Crippen LogP contribution >= 0.6 is 0 Å². The summed E-state index contributed by atoms with van der Waals surface area (Å²) >= 11 is 0. The number of hydrogen-bond donors (Lipinski definition) is 2. The Labute approximate surface area is 211 Å². The highest BCUT2D eigenvalue weighted by molar-refractivity contribution is 5.91. The molecular formula is C26H35FN8O. The number of nitrogens with zero attached hydrogens (tertiary/aromatic N) is 6. The second-order valence-electron chi connectivity index (χ2n) is 9.63. The van der Waals surface area contributed by atoms with Crippen molar-refractivity contribution in [2.75, 3.05) is 50.5 Å². The molecule has 0 saturated carbocycles. The summed E-state index contributed by atoms with van der Waals surface area (Å²) in [5, 5.41) is 17.6. The maximum Gasteiger partial charge on any atom is 0.319 e. The second kappa shape index (κ2) is 11.9. The van der Waals surface area contributed by atoms with Crippen molar-refractivity contribution >= 4 is 17.4 Å². The third-order valence-corrected chi connectivity index (χ3v) is 6.57. The van der Waals surface area contributed by atoms with E-state index in [1.165, 1.54) is 30.5 Å². The number of tetrazole rings is 1. The first-order valence-corrected chi connectivity index (χ1v) is 12.4. The largest absolute Gasteiger partial charge is 0.377 e. The lowest BCUT2D eigenvalue weighted by Gasteiger charge is -2.32. The molecule has 2 amide bonds. The molecule has 1 aromatic heterocycles. The zero-order valence-corrected chi connectivity index (χ0v) is 21.2. The van der Waals surface area contributed by atoms with Gasteiger partial charge in [0.25, 0.3) is 0 Å². The molecular weight excluding hydrogens is 459 g/mol. The number of carbonyl (C=O) groups excluding carboxylic acids is 1. The molecule has 2 N–H and O–H groups in total. The molecule has 1 atom stereocenters. The minimum atomic E-state index is -0.234. The molecule has 2 heterocycles. The van der Waals surface area contributed by atoms with Crippen LogP contribution in [0.15, 0.2) is 42.5 Å². The third kappa shape index (κ3) is 6.78. The summed E-state index contributed by atoms with van der Waals surface area (Å²) in [5.74, 6) is 1.03.